The monoisotopic (exact) mass is 206 g/mol. The molecule has 0 aromatic heterocycles. The number of aliphatic imine (C=N–C) groups is 1. The standard InChI is InChI=1S/C13H22N2/c1-4-11(3)15-8-7-13-12(9-15)6-5-10(2)14-13/h11H,4-9H2,1-3H3. The fraction of sp³-hybridized carbons (Fsp3) is 0.769. The summed E-state index contributed by atoms with van der Waals surface area (Å²) in [5.41, 5.74) is 4.33. The van der Waals surface area contributed by atoms with E-state index in [4.69, 9.17) is 4.99 Å². The van der Waals surface area contributed by atoms with Gasteiger partial charge in [0.25, 0.3) is 0 Å². The van der Waals surface area contributed by atoms with E-state index in [9.17, 15) is 0 Å². The Bertz CT molecular complexity index is 302. The maximum absolute atomic E-state index is 4.69. The first-order valence-electron chi connectivity index (χ1n) is 6.19. The van der Waals surface area contributed by atoms with E-state index in [0.29, 0.717) is 0 Å². The Balaban J connectivity index is 2.08. The van der Waals surface area contributed by atoms with Gasteiger partial charge in [-0.05, 0) is 38.7 Å². The lowest BCUT2D eigenvalue weighted by atomic mass is 9.96. The first-order valence-corrected chi connectivity index (χ1v) is 6.19. The maximum Gasteiger partial charge on any atom is 0.0420 e. The number of hydrogen-bond acceptors (Lipinski definition) is 2. The highest BCUT2D eigenvalue weighted by molar-refractivity contribution is 5.84. The average molecular weight is 206 g/mol. The first-order chi connectivity index (χ1) is 7.20. The second-order valence-electron chi connectivity index (χ2n) is 4.88. The zero-order valence-corrected chi connectivity index (χ0v) is 10.2. The van der Waals surface area contributed by atoms with E-state index < -0.39 is 0 Å². The van der Waals surface area contributed by atoms with Crippen molar-refractivity contribution in [1.82, 2.24) is 4.90 Å². The molecule has 0 radical (unpaired) electrons. The van der Waals surface area contributed by atoms with Crippen LogP contribution in [0.5, 0.6) is 0 Å². The van der Waals surface area contributed by atoms with E-state index in [1.54, 1.807) is 5.57 Å². The fourth-order valence-electron chi connectivity index (χ4n) is 2.45. The van der Waals surface area contributed by atoms with Crippen LogP contribution in [-0.2, 0) is 0 Å². The zero-order chi connectivity index (χ0) is 10.8. The molecule has 0 aromatic carbocycles. The van der Waals surface area contributed by atoms with Gasteiger partial charge in [-0.25, -0.2) is 0 Å². The second-order valence-corrected chi connectivity index (χ2v) is 4.88. The van der Waals surface area contributed by atoms with Crippen molar-refractivity contribution < 1.29 is 0 Å². The van der Waals surface area contributed by atoms with Gasteiger partial charge < -0.3 is 0 Å². The van der Waals surface area contributed by atoms with Gasteiger partial charge in [0.15, 0.2) is 0 Å². The van der Waals surface area contributed by atoms with Crippen LogP contribution in [-0.4, -0.2) is 29.7 Å². The molecule has 2 rings (SSSR count). The molecule has 0 aliphatic carbocycles. The summed E-state index contributed by atoms with van der Waals surface area (Å²) in [6.07, 6.45) is 4.84. The Morgan fingerprint density at radius 3 is 2.87 bits per heavy atom. The molecular weight excluding hydrogens is 184 g/mol. The molecule has 84 valence electrons. The van der Waals surface area contributed by atoms with Gasteiger partial charge in [0.05, 0.1) is 0 Å². The van der Waals surface area contributed by atoms with Gasteiger partial charge in [-0.15, -0.1) is 0 Å². The normalized spacial score (nSPS) is 24.9. The highest BCUT2D eigenvalue weighted by Crippen LogP contribution is 2.28. The Hall–Kier alpha value is -0.630. The molecular formula is C13H22N2. The summed E-state index contributed by atoms with van der Waals surface area (Å²) in [6.45, 7) is 9.14. The molecule has 15 heavy (non-hydrogen) atoms. The molecule has 0 saturated heterocycles. The third kappa shape index (κ3) is 2.31. The Kier molecular flexibility index (Phi) is 3.25. The van der Waals surface area contributed by atoms with Crippen LogP contribution in [0.15, 0.2) is 16.3 Å². The largest absolute Gasteiger partial charge is 0.296 e. The Labute approximate surface area is 93.1 Å². The summed E-state index contributed by atoms with van der Waals surface area (Å²) in [4.78, 5) is 7.30. The summed E-state index contributed by atoms with van der Waals surface area (Å²) in [6, 6.07) is 0.728. The second kappa shape index (κ2) is 4.48. The third-order valence-corrected chi connectivity index (χ3v) is 3.77. The van der Waals surface area contributed by atoms with Gasteiger partial charge >= 0.3 is 0 Å². The predicted octanol–water partition coefficient (Wildman–Crippen LogP) is 3.00. The Morgan fingerprint density at radius 2 is 2.13 bits per heavy atom. The lowest BCUT2D eigenvalue weighted by Gasteiger charge is -2.35. The van der Waals surface area contributed by atoms with Crippen LogP contribution in [0.2, 0.25) is 0 Å². The molecule has 2 aliphatic heterocycles. The van der Waals surface area contributed by atoms with Crippen LogP contribution < -0.4 is 0 Å². The predicted molar refractivity (Wildman–Crippen MR) is 65.3 cm³/mol. The Morgan fingerprint density at radius 1 is 1.33 bits per heavy atom. The van der Waals surface area contributed by atoms with E-state index in [1.807, 2.05) is 0 Å². The van der Waals surface area contributed by atoms with Gasteiger partial charge in [-0.1, -0.05) is 6.92 Å². The summed E-state index contributed by atoms with van der Waals surface area (Å²) < 4.78 is 0. The molecule has 0 aromatic rings. The van der Waals surface area contributed by atoms with E-state index in [0.717, 1.165) is 12.5 Å². The summed E-state index contributed by atoms with van der Waals surface area (Å²) in [5.74, 6) is 0. The molecule has 0 N–H and O–H groups in total. The number of hydrogen-bond donors (Lipinski definition) is 0. The van der Waals surface area contributed by atoms with Gasteiger partial charge in [-0.3, -0.25) is 9.89 Å². The average Bonchev–Trinajstić information content (AvgIpc) is 2.27. The molecule has 0 fully saturated rings. The van der Waals surface area contributed by atoms with Crippen LogP contribution in [0.1, 0.15) is 46.5 Å². The molecule has 0 spiro atoms. The third-order valence-electron chi connectivity index (χ3n) is 3.77. The van der Waals surface area contributed by atoms with Crippen molar-refractivity contribution in [3.8, 4) is 0 Å². The molecule has 2 aliphatic rings. The minimum atomic E-state index is 0.728. The molecule has 2 heteroatoms. The van der Waals surface area contributed by atoms with Crippen molar-refractivity contribution in [3.63, 3.8) is 0 Å². The molecule has 0 amide bonds. The van der Waals surface area contributed by atoms with Crippen LogP contribution >= 0.6 is 0 Å². The smallest absolute Gasteiger partial charge is 0.0420 e. The quantitative estimate of drug-likeness (QED) is 0.678. The van der Waals surface area contributed by atoms with Gasteiger partial charge in [0.2, 0.25) is 0 Å². The van der Waals surface area contributed by atoms with Crippen molar-refractivity contribution in [2.45, 2.75) is 52.5 Å². The van der Waals surface area contributed by atoms with Crippen molar-refractivity contribution in [2.24, 2.45) is 4.99 Å². The van der Waals surface area contributed by atoms with Crippen molar-refractivity contribution >= 4 is 5.71 Å². The summed E-state index contributed by atoms with van der Waals surface area (Å²) in [5, 5.41) is 0. The summed E-state index contributed by atoms with van der Waals surface area (Å²) in [7, 11) is 0. The molecule has 0 saturated carbocycles. The van der Waals surface area contributed by atoms with E-state index >= 15 is 0 Å². The minimum Gasteiger partial charge on any atom is -0.296 e. The SMILES string of the molecule is CCC(C)N1CCC2=C(CCC(C)=N2)C1. The van der Waals surface area contributed by atoms with Gasteiger partial charge in [-0.2, -0.15) is 0 Å². The maximum atomic E-state index is 4.69. The number of rotatable bonds is 2. The minimum absolute atomic E-state index is 0.728. The van der Waals surface area contributed by atoms with Crippen molar-refractivity contribution in [3.05, 3.63) is 11.3 Å². The van der Waals surface area contributed by atoms with Crippen LogP contribution in [0.3, 0.4) is 0 Å². The van der Waals surface area contributed by atoms with Crippen LogP contribution in [0, 0.1) is 0 Å². The van der Waals surface area contributed by atoms with E-state index in [2.05, 4.69) is 25.7 Å². The molecule has 2 heterocycles. The molecule has 2 nitrogen and oxygen atoms in total. The topological polar surface area (TPSA) is 15.6 Å². The van der Waals surface area contributed by atoms with Crippen LogP contribution in [0.4, 0.5) is 0 Å². The molecule has 1 atom stereocenters. The highest BCUT2D eigenvalue weighted by Gasteiger charge is 2.23. The summed E-state index contributed by atoms with van der Waals surface area (Å²) >= 11 is 0. The highest BCUT2D eigenvalue weighted by atomic mass is 15.2. The van der Waals surface area contributed by atoms with E-state index in [-0.39, 0.29) is 0 Å². The van der Waals surface area contributed by atoms with Crippen molar-refractivity contribution in [2.75, 3.05) is 13.1 Å². The lowest BCUT2D eigenvalue weighted by Crippen LogP contribution is -2.38. The fourth-order valence-corrected chi connectivity index (χ4v) is 2.45. The lowest BCUT2D eigenvalue weighted by molar-refractivity contribution is 0.210. The zero-order valence-electron chi connectivity index (χ0n) is 10.2. The first kappa shape index (κ1) is 10.9. The van der Waals surface area contributed by atoms with E-state index in [1.165, 1.54) is 43.8 Å². The molecule has 1 unspecified atom stereocenters. The van der Waals surface area contributed by atoms with Crippen molar-refractivity contribution in [1.29, 1.82) is 0 Å². The number of nitrogens with zero attached hydrogens (tertiary/aromatic N) is 2. The van der Waals surface area contributed by atoms with Gasteiger partial charge in [0, 0.05) is 37.0 Å². The van der Waals surface area contributed by atoms with Gasteiger partial charge in [0.1, 0.15) is 0 Å². The molecule has 0 bridgehead atoms. The van der Waals surface area contributed by atoms with Crippen LogP contribution in [0.25, 0.3) is 0 Å².